The fraction of sp³-hybridized carbons (Fsp3) is 0.667. The third-order valence-corrected chi connectivity index (χ3v) is 4.94. The number of ether oxygens (including phenoxy) is 1. The van der Waals surface area contributed by atoms with Crippen LogP contribution in [0, 0.1) is 0 Å². The highest BCUT2D eigenvalue weighted by Crippen LogP contribution is 2.15. The van der Waals surface area contributed by atoms with Crippen LogP contribution in [0.2, 0.25) is 0 Å². The van der Waals surface area contributed by atoms with Crippen LogP contribution in [0.1, 0.15) is 51.2 Å². The van der Waals surface area contributed by atoms with Crippen LogP contribution in [0.4, 0.5) is 0 Å². The molecule has 0 radical (unpaired) electrons. The van der Waals surface area contributed by atoms with E-state index in [4.69, 9.17) is 4.74 Å². The van der Waals surface area contributed by atoms with Gasteiger partial charge in [0.05, 0.1) is 6.10 Å². The van der Waals surface area contributed by atoms with Crippen molar-refractivity contribution in [3.8, 4) is 0 Å². The van der Waals surface area contributed by atoms with Gasteiger partial charge in [-0.25, -0.2) is 0 Å². The number of aliphatic imine (C=N–C) groups is 1. The van der Waals surface area contributed by atoms with Gasteiger partial charge in [-0.2, -0.15) is 0 Å². The molecule has 1 saturated heterocycles. The lowest BCUT2D eigenvalue weighted by Crippen LogP contribution is -2.49. The number of hydrogen-bond acceptors (Lipinski definition) is 3. The van der Waals surface area contributed by atoms with Crippen molar-refractivity contribution in [2.75, 3.05) is 39.8 Å². The zero-order chi connectivity index (χ0) is 18.6. The Labute approximate surface area is 182 Å². The van der Waals surface area contributed by atoms with Crippen LogP contribution < -0.4 is 10.6 Å². The summed E-state index contributed by atoms with van der Waals surface area (Å²) in [6.07, 6.45) is 4.73. The summed E-state index contributed by atoms with van der Waals surface area (Å²) in [5.41, 5.74) is 1.23. The van der Waals surface area contributed by atoms with Crippen LogP contribution in [-0.2, 0) is 4.74 Å². The Morgan fingerprint density at radius 2 is 1.96 bits per heavy atom. The molecule has 0 spiro atoms. The second-order valence-corrected chi connectivity index (χ2v) is 7.04. The predicted molar refractivity (Wildman–Crippen MR) is 125 cm³/mol. The highest BCUT2D eigenvalue weighted by atomic mass is 127. The number of halogens is 1. The molecule has 2 N–H and O–H groups in total. The highest BCUT2D eigenvalue weighted by Gasteiger charge is 2.19. The minimum atomic E-state index is 0. The Balaban J connectivity index is 0.00000364. The van der Waals surface area contributed by atoms with Crippen molar-refractivity contribution >= 4 is 29.9 Å². The van der Waals surface area contributed by atoms with Crippen molar-refractivity contribution in [2.45, 2.75) is 51.7 Å². The van der Waals surface area contributed by atoms with E-state index in [1.165, 1.54) is 44.5 Å². The standard InChI is InChI=1S/C21H36N4O.HI/c1-4-14-25-15-11-20(12-16-25)24-21(22-3)23-13-8-17-26-18(2)19-9-6-5-7-10-19;/h5-7,9-10,18,20H,4,8,11-17H2,1-3H3,(H2,22,23,24);1H. The Morgan fingerprint density at radius 1 is 1.26 bits per heavy atom. The third-order valence-electron chi connectivity index (χ3n) is 4.94. The van der Waals surface area contributed by atoms with Crippen LogP contribution in [0.25, 0.3) is 0 Å². The minimum absolute atomic E-state index is 0. The average molecular weight is 488 g/mol. The summed E-state index contributed by atoms with van der Waals surface area (Å²) in [6.45, 7) is 9.57. The molecule has 1 aromatic rings. The SMILES string of the molecule is CCCN1CCC(NC(=NC)NCCCOC(C)c2ccccc2)CC1.I. The summed E-state index contributed by atoms with van der Waals surface area (Å²) in [6, 6.07) is 10.9. The Morgan fingerprint density at radius 3 is 2.59 bits per heavy atom. The van der Waals surface area contributed by atoms with Gasteiger partial charge in [0.25, 0.3) is 0 Å². The Kier molecular flexibility index (Phi) is 12.7. The first-order valence-corrected chi connectivity index (χ1v) is 10.1. The number of rotatable bonds is 9. The normalized spacial score (nSPS) is 17.2. The molecule has 1 aliphatic rings. The fourth-order valence-corrected chi connectivity index (χ4v) is 3.36. The Bertz CT molecular complexity index is 518. The first-order chi connectivity index (χ1) is 12.7. The number of hydrogen-bond donors (Lipinski definition) is 2. The lowest BCUT2D eigenvalue weighted by molar-refractivity contribution is 0.0646. The van der Waals surface area contributed by atoms with E-state index >= 15 is 0 Å². The molecule has 0 aromatic heterocycles. The summed E-state index contributed by atoms with van der Waals surface area (Å²) in [4.78, 5) is 6.91. The summed E-state index contributed by atoms with van der Waals surface area (Å²) in [5.74, 6) is 0.912. The van der Waals surface area contributed by atoms with Crippen molar-refractivity contribution in [1.82, 2.24) is 15.5 Å². The number of guanidine groups is 1. The second kappa shape index (κ2) is 14.2. The maximum absolute atomic E-state index is 5.92. The third kappa shape index (κ3) is 9.25. The van der Waals surface area contributed by atoms with Gasteiger partial charge in [-0.15, -0.1) is 24.0 Å². The first-order valence-electron chi connectivity index (χ1n) is 10.1. The maximum Gasteiger partial charge on any atom is 0.191 e. The fourth-order valence-electron chi connectivity index (χ4n) is 3.36. The molecular formula is C21H37IN4O. The first kappa shape index (κ1) is 24.2. The molecular weight excluding hydrogens is 451 g/mol. The largest absolute Gasteiger partial charge is 0.374 e. The number of benzene rings is 1. The van der Waals surface area contributed by atoms with E-state index in [1.54, 1.807) is 0 Å². The molecule has 1 fully saturated rings. The quantitative estimate of drug-likeness (QED) is 0.240. The molecule has 1 heterocycles. The van der Waals surface area contributed by atoms with Crippen LogP contribution in [-0.4, -0.2) is 56.7 Å². The number of piperidine rings is 1. The molecule has 2 rings (SSSR count). The smallest absolute Gasteiger partial charge is 0.191 e. The summed E-state index contributed by atoms with van der Waals surface area (Å²) in [5, 5.41) is 6.98. The molecule has 1 aliphatic heterocycles. The van der Waals surface area contributed by atoms with Gasteiger partial charge in [0.1, 0.15) is 0 Å². The van der Waals surface area contributed by atoms with Gasteiger partial charge in [-0.3, -0.25) is 4.99 Å². The highest BCUT2D eigenvalue weighted by molar-refractivity contribution is 14.0. The van der Waals surface area contributed by atoms with Crippen LogP contribution in [0.3, 0.4) is 0 Å². The van der Waals surface area contributed by atoms with E-state index < -0.39 is 0 Å². The van der Waals surface area contributed by atoms with Crippen molar-refractivity contribution < 1.29 is 4.74 Å². The summed E-state index contributed by atoms with van der Waals surface area (Å²) in [7, 11) is 1.84. The molecule has 0 bridgehead atoms. The van der Waals surface area contributed by atoms with Crippen LogP contribution in [0.5, 0.6) is 0 Å². The maximum atomic E-state index is 5.92. The van der Waals surface area contributed by atoms with Gasteiger partial charge in [0.2, 0.25) is 0 Å². The zero-order valence-corrected chi connectivity index (χ0v) is 19.4. The molecule has 0 saturated carbocycles. The summed E-state index contributed by atoms with van der Waals surface area (Å²) >= 11 is 0. The van der Waals surface area contributed by atoms with E-state index in [9.17, 15) is 0 Å². The molecule has 6 heteroatoms. The lowest BCUT2D eigenvalue weighted by Gasteiger charge is -2.32. The second-order valence-electron chi connectivity index (χ2n) is 7.04. The number of nitrogens with zero attached hydrogens (tertiary/aromatic N) is 2. The Hall–Kier alpha value is -0.860. The molecule has 27 heavy (non-hydrogen) atoms. The molecule has 0 aliphatic carbocycles. The van der Waals surface area contributed by atoms with Crippen molar-refractivity contribution in [2.24, 2.45) is 4.99 Å². The number of nitrogens with one attached hydrogen (secondary N) is 2. The molecule has 5 nitrogen and oxygen atoms in total. The zero-order valence-electron chi connectivity index (χ0n) is 17.1. The van der Waals surface area contributed by atoms with E-state index in [2.05, 4.69) is 58.6 Å². The van der Waals surface area contributed by atoms with Gasteiger partial charge in [-0.05, 0) is 44.7 Å². The number of likely N-dealkylation sites (tertiary alicyclic amines) is 1. The molecule has 1 atom stereocenters. The van der Waals surface area contributed by atoms with E-state index in [0.29, 0.717) is 6.04 Å². The van der Waals surface area contributed by atoms with E-state index in [0.717, 1.165) is 25.5 Å². The molecule has 154 valence electrons. The van der Waals surface area contributed by atoms with Crippen molar-refractivity contribution in [1.29, 1.82) is 0 Å². The minimum Gasteiger partial charge on any atom is -0.374 e. The predicted octanol–water partition coefficient (Wildman–Crippen LogP) is 3.81. The van der Waals surface area contributed by atoms with Gasteiger partial charge in [0, 0.05) is 39.3 Å². The summed E-state index contributed by atoms with van der Waals surface area (Å²) < 4.78 is 5.92. The van der Waals surface area contributed by atoms with Crippen molar-refractivity contribution in [3.63, 3.8) is 0 Å². The van der Waals surface area contributed by atoms with E-state index in [1.807, 2.05) is 13.1 Å². The average Bonchev–Trinajstić information content (AvgIpc) is 2.69. The van der Waals surface area contributed by atoms with E-state index in [-0.39, 0.29) is 30.1 Å². The van der Waals surface area contributed by atoms with Crippen LogP contribution in [0.15, 0.2) is 35.3 Å². The topological polar surface area (TPSA) is 48.9 Å². The van der Waals surface area contributed by atoms with Gasteiger partial charge < -0.3 is 20.3 Å². The van der Waals surface area contributed by atoms with Gasteiger partial charge >= 0.3 is 0 Å². The monoisotopic (exact) mass is 488 g/mol. The van der Waals surface area contributed by atoms with Gasteiger partial charge in [-0.1, -0.05) is 37.3 Å². The van der Waals surface area contributed by atoms with Crippen molar-refractivity contribution in [3.05, 3.63) is 35.9 Å². The molecule has 1 unspecified atom stereocenters. The molecule has 1 aromatic carbocycles. The van der Waals surface area contributed by atoms with Gasteiger partial charge in [0.15, 0.2) is 5.96 Å². The molecule has 0 amide bonds. The van der Waals surface area contributed by atoms with Crippen LogP contribution >= 0.6 is 24.0 Å². The lowest BCUT2D eigenvalue weighted by atomic mass is 10.1.